The van der Waals surface area contributed by atoms with Crippen LogP contribution in [0.25, 0.3) is 0 Å². The van der Waals surface area contributed by atoms with Crippen molar-refractivity contribution in [3.05, 3.63) is 35.9 Å². The molecule has 0 amide bonds. The Kier molecular flexibility index (Phi) is 6.83. The van der Waals surface area contributed by atoms with Crippen LogP contribution < -0.4 is 0 Å². The minimum Gasteiger partial charge on any atom is -0.368 e. The van der Waals surface area contributed by atoms with Gasteiger partial charge in [-0.3, -0.25) is 0 Å². The van der Waals surface area contributed by atoms with Gasteiger partial charge in [0.05, 0.1) is 18.8 Å². The van der Waals surface area contributed by atoms with Gasteiger partial charge in [-0.25, -0.2) is 0 Å². The van der Waals surface area contributed by atoms with Crippen LogP contribution in [0.15, 0.2) is 30.3 Å². The quantitative estimate of drug-likeness (QED) is 0.591. The zero-order chi connectivity index (χ0) is 15.9. The maximum Gasteiger partial charge on any atom is 0.157 e. The van der Waals surface area contributed by atoms with Crippen LogP contribution in [0.5, 0.6) is 0 Å². The molecule has 0 spiro atoms. The minimum atomic E-state index is -0.676. The summed E-state index contributed by atoms with van der Waals surface area (Å²) in [4.78, 5) is 0. The molecule has 0 saturated carbocycles. The van der Waals surface area contributed by atoms with E-state index in [9.17, 15) is 5.11 Å². The summed E-state index contributed by atoms with van der Waals surface area (Å²) in [5, 5.41) is 9.78. The zero-order valence-electron chi connectivity index (χ0n) is 13.8. The van der Waals surface area contributed by atoms with Gasteiger partial charge in [0.25, 0.3) is 0 Å². The Bertz CT molecular complexity index is 412. The van der Waals surface area contributed by atoms with E-state index in [1.807, 2.05) is 37.3 Å². The highest BCUT2D eigenvalue weighted by Gasteiger charge is 2.38. The molecule has 4 heteroatoms. The lowest BCUT2D eigenvalue weighted by Crippen LogP contribution is -2.35. The van der Waals surface area contributed by atoms with Gasteiger partial charge in [0.1, 0.15) is 6.79 Å². The minimum absolute atomic E-state index is 0.0413. The van der Waals surface area contributed by atoms with Crippen molar-refractivity contribution in [3.8, 4) is 0 Å². The lowest BCUT2D eigenvalue weighted by atomic mass is 9.93. The molecular formula is C18H28O4. The van der Waals surface area contributed by atoms with Gasteiger partial charge in [0.2, 0.25) is 0 Å². The second kappa shape index (κ2) is 8.63. The molecule has 1 aromatic carbocycles. The van der Waals surface area contributed by atoms with Crippen molar-refractivity contribution in [2.45, 2.75) is 58.7 Å². The molecule has 22 heavy (non-hydrogen) atoms. The molecule has 1 unspecified atom stereocenters. The predicted molar refractivity (Wildman–Crippen MR) is 85.1 cm³/mol. The van der Waals surface area contributed by atoms with Crippen LogP contribution in [-0.4, -0.2) is 30.4 Å². The predicted octanol–water partition coefficient (Wildman–Crippen LogP) is 3.34. The fourth-order valence-corrected chi connectivity index (χ4v) is 2.79. The summed E-state index contributed by atoms with van der Waals surface area (Å²) >= 11 is 0. The van der Waals surface area contributed by atoms with Crippen molar-refractivity contribution in [2.24, 2.45) is 11.8 Å². The summed E-state index contributed by atoms with van der Waals surface area (Å²) in [6, 6.07) is 10.0. The van der Waals surface area contributed by atoms with Crippen molar-refractivity contribution in [1.82, 2.24) is 0 Å². The summed E-state index contributed by atoms with van der Waals surface area (Å²) in [5.74, 6) is 0.521. The Balaban J connectivity index is 1.80. The number of aliphatic hydroxyl groups is 1. The first kappa shape index (κ1) is 17.4. The molecule has 0 bridgehead atoms. The molecule has 1 aliphatic heterocycles. The van der Waals surface area contributed by atoms with Crippen LogP contribution in [0.1, 0.15) is 39.2 Å². The SMILES string of the molecule is CC[C@@H](C)[C@@H](OCOCc1ccccc1)[C@@H]1C[C@@H](C)C(O)O1. The molecule has 1 saturated heterocycles. The van der Waals surface area contributed by atoms with Crippen LogP contribution >= 0.6 is 0 Å². The summed E-state index contributed by atoms with van der Waals surface area (Å²) in [5.41, 5.74) is 1.13. The maximum absolute atomic E-state index is 9.78. The van der Waals surface area contributed by atoms with Gasteiger partial charge in [-0.1, -0.05) is 57.5 Å². The Hall–Kier alpha value is -0.940. The summed E-state index contributed by atoms with van der Waals surface area (Å²) in [6.07, 6.45) is 1.06. The third-order valence-electron chi connectivity index (χ3n) is 4.43. The van der Waals surface area contributed by atoms with E-state index in [1.54, 1.807) is 0 Å². The van der Waals surface area contributed by atoms with Gasteiger partial charge >= 0.3 is 0 Å². The number of aliphatic hydroxyl groups excluding tert-OH is 1. The van der Waals surface area contributed by atoms with Crippen LogP contribution in [0.3, 0.4) is 0 Å². The third kappa shape index (κ3) is 4.78. The van der Waals surface area contributed by atoms with Crippen molar-refractivity contribution in [2.75, 3.05) is 6.79 Å². The fraction of sp³-hybridized carbons (Fsp3) is 0.667. The van der Waals surface area contributed by atoms with E-state index in [0.29, 0.717) is 12.5 Å². The number of hydrogen-bond acceptors (Lipinski definition) is 4. The number of benzene rings is 1. The molecule has 1 aliphatic rings. The lowest BCUT2D eigenvalue weighted by Gasteiger charge is -2.28. The van der Waals surface area contributed by atoms with Gasteiger partial charge in [-0.15, -0.1) is 0 Å². The first-order valence-corrected chi connectivity index (χ1v) is 8.18. The van der Waals surface area contributed by atoms with Gasteiger partial charge in [-0.05, 0) is 17.9 Å². The molecule has 4 nitrogen and oxygen atoms in total. The number of hydrogen-bond donors (Lipinski definition) is 1. The van der Waals surface area contributed by atoms with Crippen LogP contribution in [0.2, 0.25) is 0 Å². The molecule has 5 atom stereocenters. The zero-order valence-corrected chi connectivity index (χ0v) is 13.8. The highest BCUT2D eigenvalue weighted by atomic mass is 16.7. The van der Waals surface area contributed by atoms with E-state index in [-0.39, 0.29) is 24.9 Å². The standard InChI is InChI=1S/C18H28O4/c1-4-13(2)17(16-10-14(3)18(19)22-16)21-12-20-11-15-8-6-5-7-9-15/h5-9,13-14,16-19H,4,10-12H2,1-3H3/t13-,14-,16+,17-,18?/m1/s1. The van der Waals surface area contributed by atoms with E-state index in [2.05, 4.69) is 13.8 Å². The first-order valence-electron chi connectivity index (χ1n) is 8.18. The smallest absolute Gasteiger partial charge is 0.157 e. The summed E-state index contributed by atoms with van der Waals surface area (Å²) < 4.78 is 17.2. The average molecular weight is 308 g/mol. The van der Waals surface area contributed by atoms with E-state index in [4.69, 9.17) is 14.2 Å². The maximum atomic E-state index is 9.78. The Morgan fingerprint density at radius 1 is 1.32 bits per heavy atom. The molecule has 2 rings (SSSR count). The van der Waals surface area contributed by atoms with Gasteiger partial charge in [0, 0.05) is 5.92 Å². The monoisotopic (exact) mass is 308 g/mol. The summed E-state index contributed by atoms with van der Waals surface area (Å²) in [7, 11) is 0. The normalized spacial score (nSPS) is 27.7. The van der Waals surface area contributed by atoms with Crippen LogP contribution in [0.4, 0.5) is 0 Å². The highest BCUT2D eigenvalue weighted by molar-refractivity contribution is 5.13. The molecule has 0 aliphatic carbocycles. The van der Waals surface area contributed by atoms with Gasteiger partial charge in [-0.2, -0.15) is 0 Å². The van der Waals surface area contributed by atoms with Crippen LogP contribution in [-0.2, 0) is 20.8 Å². The molecule has 1 fully saturated rings. The first-order chi connectivity index (χ1) is 10.6. The molecular weight excluding hydrogens is 280 g/mol. The second-order valence-corrected chi connectivity index (χ2v) is 6.25. The Labute approximate surface area is 133 Å². The largest absolute Gasteiger partial charge is 0.368 e. The topological polar surface area (TPSA) is 47.9 Å². The van der Waals surface area contributed by atoms with Crippen molar-refractivity contribution >= 4 is 0 Å². The Morgan fingerprint density at radius 3 is 2.64 bits per heavy atom. The fourth-order valence-electron chi connectivity index (χ4n) is 2.79. The van der Waals surface area contributed by atoms with Crippen molar-refractivity contribution in [1.29, 1.82) is 0 Å². The van der Waals surface area contributed by atoms with E-state index < -0.39 is 6.29 Å². The molecule has 124 valence electrons. The Morgan fingerprint density at radius 2 is 2.05 bits per heavy atom. The molecule has 1 N–H and O–H groups in total. The van der Waals surface area contributed by atoms with E-state index in [1.165, 1.54) is 0 Å². The van der Waals surface area contributed by atoms with E-state index >= 15 is 0 Å². The molecule has 1 heterocycles. The van der Waals surface area contributed by atoms with Crippen LogP contribution in [0, 0.1) is 11.8 Å². The number of ether oxygens (including phenoxy) is 3. The van der Waals surface area contributed by atoms with Gasteiger partial charge < -0.3 is 19.3 Å². The third-order valence-corrected chi connectivity index (χ3v) is 4.43. The van der Waals surface area contributed by atoms with E-state index in [0.717, 1.165) is 18.4 Å². The molecule has 1 aromatic rings. The lowest BCUT2D eigenvalue weighted by molar-refractivity contribution is -0.180. The summed E-state index contributed by atoms with van der Waals surface area (Å²) in [6.45, 7) is 7.08. The highest BCUT2D eigenvalue weighted by Crippen LogP contribution is 2.31. The van der Waals surface area contributed by atoms with Crippen molar-refractivity contribution < 1.29 is 19.3 Å². The number of rotatable bonds is 8. The molecule has 0 aromatic heterocycles. The van der Waals surface area contributed by atoms with Gasteiger partial charge in [0.15, 0.2) is 6.29 Å². The second-order valence-electron chi connectivity index (χ2n) is 6.25. The molecule has 0 radical (unpaired) electrons. The van der Waals surface area contributed by atoms with Crippen molar-refractivity contribution in [3.63, 3.8) is 0 Å². The average Bonchev–Trinajstić information content (AvgIpc) is 2.86.